The van der Waals surface area contributed by atoms with E-state index in [4.69, 9.17) is 26.1 Å². The van der Waals surface area contributed by atoms with E-state index in [0.717, 1.165) is 5.56 Å². The molecule has 0 fully saturated rings. The van der Waals surface area contributed by atoms with Gasteiger partial charge in [-0.25, -0.2) is 4.98 Å². The van der Waals surface area contributed by atoms with Crippen LogP contribution in [-0.4, -0.2) is 53.1 Å². The van der Waals surface area contributed by atoms with Crippen LogP contribution in [0.4, 0.5) is 5.95 Å². The Morgan fingerprint density at radius 2 is 1.66 bits per heavy atom. The third-order valence-corrected chi connectivity index (χ3v) is 6.30. The second kappa shape index (κ2) is 11.8. The molecule has 0 unspecified atom stereocenters. The molecule has 0 atom stereocenters. The van der Waals surface area contributed by atoms with Crippen LogP contribution in [0.25, 0.3) is 16.9 Å². The van der Waals surface area contributed by atoms with Crippen molar-refractivity contribution in [1.82, 2.24) is 14.5 Å². The van der Waals surface area contributed by atoms with Crippen LogP contribution in [0.5, 0.6) is 11.5 Å². The highest BCUT2D eigenvalue weighted by molar-refractivity contribution is 6.33. The zero-order valence-electron chi connectivity index (χ0n) is 21.6. The number of hydrogen-bond donors (Lipinski definition) is 1. The molecule has 4 aromatic rings. The summed E-state index contributed by atoms with van der Waals surface area (Å²) >= 11 is 6.25. The van der Waals surface area contributed by atoms with Crippen LogP contribution in [0.1, 0.15) is 24.2 Å². The maximum atomic E-state index is 13.3. The van der Waals surface area contributed by atoms with Gasteiger partial charge in [0.1, 0.15) is 6.54 Å². The molecule has 9 heteroatoms. The zero-order valence-corrected chi connectivity index (χ0v) is 22.4. The lowest BCUT2D eigenvalue weighted by atomic mass is 10.1. The van der Waals surface area contributed by atoms with Gasteiger partial charge in [0.25, 0.3) is 5.91 Å². The van der Waals surface area contributed by atoms with Gasteiger partial charge in [0.2, 0.25) is 11.9 Å². The SMILES string of the molecule is COc1ccc(-n2cc(-c3ccccc3)nc2NC(=O)CN(C(=O)c2ccccc2Cl)C(C)C)cc1OC. The fourth-order valence-electron chi connectivity index (χ4n) is 3.99. The second-order valence-electron chi connectivity index (χ2n) is 8.78. The molecule has 0 bridgehead atoms. The third kappa shape index (κ3) is 5.81. The molecule has 0 saturated carbocycles. The first kappa shape index (κ1) is 26.8. The lowest BCUT2D eigenvalue weighted by molar-refractivity contribution is -0.117. The number of carbonyl (C=O) groups is 2. The fourth-order valence-corrected chi connectivity index (χ4v) is 4.20. The molecule has 0 aliphatic heterocycles. The van der Waals surface area contributed by atoms with E-state index in [1.165, 1.54) is 4.90 Å². The number of nitrogens with one attached hydrogen (secondary N) is 1. The van der Waals surface area contributed by atoms with Gasteiger partial charge in [-0.15, -0.1) is 0 Å². The van der Waals surface area contributed by atoms with E-state index < -0.39 is 5.91 Å². The van der Waals surface area contributed by atoms with E-state index in [1.54, 1.807) is 55.2 Å². The summed E-state index contributed by atoms with van der Waals surface area (Å²) < 4.78 is 12.6. The fraction of sp³-hybridized carbons (Fsp3) is 0.207. The Bertz CT molecular complexity index is 1440. The first-order chi connectivity index (χ1) is 18.3. The number of rotatable bonds is 9. The van der Waals surface area contributed by atoms with Crippen molar-refractivity contribution in [3.63, 3.8) is 0 Å². The van der Waals surface area contributed by atoms with E-state index in [9.17, 15) is 9.59 Å². The topological polar surface area (TPSA) is 85.7 Å². The Balaban J connectivity index is 1.66. The molecule has 2 amide bonds. The zero-order chi connectivity index (χ0) is 27.2. The summed E-state index contributed by atoms with van der Waals surface area (Å²) in [5, 5.41) is 3.22. The lowest BCUT2D eigenvalue weighted by Gasteiger charge is -2.26. The third-order valence-electron chi connectivity index (χ3n) is 5.97. The maximum absolute atomic E-state index is 13.3. The van der Waals surface area contributed by atoms with Crippen LogP contribution in [0.15, 0.2) is 79.0 Å². The Labute approximate surface area is 226 Å². The Morgan fingerprint density at radius 3 is 2.32 bits per heavy atom. The van der Waals surface area contributed by atoms with E-state index >= 15 is 0 Å². The molecule has 196 valence electrons. The Hall–Kier alpha value is -4.30. The quantitative estimate of drug-likeness (QED) is 0.299. The van der Waals surface area contributed by atoms with Crippen molar-refractivity contribution in [2.24, 2.45) is 0 Å². The number of hydrogen-bond acceptors (Lipinski definition) is 5. The average Bonchev–Trinajstić information content (AvgIpc) is 3.35. The van der Waals surface area contributed by atoms with Crippen LogP contribution in [0.3, 0.4) is 0 Å². The van der Waals surface area contributed by atoms with Crippen molar-refractivity contribution in [1.29, 1.82) is 0 Å². The molecule has 1 heterocycles. The first-order valence-corrected chi connectivity index (χ1v) is 12.4. The minimum atomic E-state index is -0.397. The van der Waals surface area contributed by atoms with E-state index in [1.807, 2.05) is 56.4 Å². The largest absolute Gasteiger partial charge is 0.493 e. The molecule has 3 aromatic carbocycles. The molecule has 0 aliphatic carbocycles. The minimum absolute atomic E-state index is 0.179. The van der Waals surface area contributed by atoms with Gasteiger partial charge in [0.05, 0.1) is 36.2 Å². The van der Waals surface area contributed by atoms with E-state index in [0.29, 0.717) is 39.4 Å². The number of carbonyl (C=O) groups excluding carboxylic acids is 2. The van der Waals surface area contributed by atoms with Gasteiger partial charge >= 0.3 is 0 Å². The molecule has 0 aliphatic rings. The van der Waals surface area contributed by atoms with Crippen molar-refractivity contribution in [2.45, 2.75) is 19.9 Å². The summed E-state index contributed by atoms with van der Waals surface area (Å²) in [5.74, 6) is 0.694. The summed E-state index contributed by atoms with van der Waals surface area (Å²) in [6.45, 7) is 3.52. The maximum Gasteiger partial charge on any atom is 0.256 e. The number of benzene rings is 3. The number of amides is 2. The number of halogens is 1. The molecule has 8 nitrogen and oxygen atoms in total. The molecular weight excluding hydrogens is 504 g/mol. The van der Waals surface area contributed by atoms with Gasteiger partial charge in [-0.2, -0.15) is 0 Å². The van der Waals surface area contributed by atoms with Gasteiger partial charge in [0, 0.05) is 23.9 Å². The highest BCUT2D eigenvalue weighted by Gasteiger charge is 2.24. The number of anilines is 1. The smallest absolute Gasteiger partial charge is 0.256 e. The van der Waals surface area contributed by atoms with Gasteiger partial charge in [-0.3, -0.25) is 19.5 Å². The number of methoxy groups -OCH3 is 2. The van der Waals surface area contributed by atoms with Crippen LogP contribution in [-0.2, 0) is 4.79 Å². The average molecular weight is 533 g/mol. The first-order valence-electron chi connectivity index (χ1n) is 12.0. The number of ether oxygens (including phenoxy) is 2. The van der Waals surface area contributed by atoms with Crippen LogP contribution in [0.2, 0.25) is 5.02 Å². The Morgan fingerprint density at radius 1 is 0.974 bits per heavy atom. The minimum Gasteiger partial charge on any atom is -0.493 e. The highest BCUT2D eigenvalue weighted by atomic mass is 35.5. The van der Waals surface area contributed by atoms with Crippen molar-refractivity contribution < 1.29 is 19.1 Å². The molecule has 0 saturated heterocycles. The van der Waals surface area contributed by atoms with Gasteiger partial charge in [0.15, 0.2) is 11.5 Å². The standard InChI is InChI=1S/C29H29ClN4O4/c1-19(2)33(28(36)22-12-8-9-13-23(22)30)18-27(35)32-29-31-24(20-10-6-5-7-11-20)17-34(29)21-14-15-25(37-3)26(16-21)38-4/h5-17,19H,18H2,1-4H3,(H,31,32,35). The molecule has 1 aromatic heterocycles. The lowest BCUT2D eigenvalue weighted by Crippen LogP contribution is -2.42. The summed E-state index contributed by atoms with van der Waals surface area (Å²) in [5.41, 5.74) is 2.61. The van der Waals surface area contributed by atoms with E-state index in [-0.39, 0.29) is 18.5 Å². The van der Waals surface area contributed by atoms with Crippen LogP contribution < -0.4 is 14.8 Å². The predicted octanol–water partition coefficient (Wildman–Crippen LogP) is 5.70. The molecule has 1 N–H and O–H groups in total. The molecule has 38 heavy (non-hydrogen) atoms. The number of imidazole rings is 1. The van der Waals surface area contributed by atoms with Gasteiger partial charge in [-0.1, -0.05) is 54.1 Å². The summed E-state index contributed by atoms with van der Waals surface area (Å²) in [6, 6.07) is 21.6. The van der Waals surface area contributed by atoms with Crippen molar-refractivity contribution >= 4 is 29.4 Å². The normalized spacial score (nSPS) is 10.8. The number of aromatic nitrogens is 2. The summed E-state index contributed by atoms with van der Waals surface area (Å²) in [7, 11) is 3.13. The molecule has 0 radical (unpaired) electrons. The van der Waals surface area contributed by atoms with Crippen molar-refractivity contribution in [3.8, 4) is 28.4 Å². The molecular formula is C29H29ClN4O4. The monoisotopic (exact) mass is 532 g/mol. The summed E-state index contributed by atoms with van der Waals surface area (Å²) in [6.07, 6.45) is 1.83. The summed E-state index contributed by atoms with van der Waals surface area (Å²) in [4.78, 5) is 32.7. The van der Waals surface area contributed by atoms with Gasteiger partial charge in [-0.05, 0) is 38.1 Å². The Kier molecular flexibility index (Phi) is 8.33. The number of nitrogens with zero attached hydrogens (tertiary/aromatic N) is 3. The van der Waals surface area contributed by atoms with E-state index in [2.05, 4.69) is 5.32 Å². The molecule has 0 spiro atoms. The van der Waals surface area contributed by atoms with Crippen LogP contribution >= 0.6 is 11.6 Å². The van der Waals surface area contributed by atoms with Crippen LogP contribution in [0, 0.1) is 0 Å². The van der Waals surface area contributed by atoms with Crippen molar-refractivity contribution in [2.75, 3.05) is 26.1 Å². The second-order valence-corrected chi connectivity index (χ2v) is 9.19. The highest BCUT2D eigenvalue weighted by Crippen LogP contribution is 2.32. The van der Waals surface area contributed by atoms with Gasteiger partial charge < -0.3 is 14.4 Å². The predicted molar refractivity (Wildman–Crippen MR) is 148 cm³/mol. The molecule has 4 rings (SSSR count). The van der Waals surface area contributed by atoms with Crippen molar-refractivity contribution in [3.05, 3.63) is 89.6 Å².